The molecule has 0 radical (unpaired) electrons. The van der Waals surface area contributed by atoms with Gasteiger partial charge in [-0.1, -0.05) is 12.8 Å². The van der Waals surface area contributed by atoms with Gasteiger partial charge in [-0.05, 0) is 44.2 Å². The van der Waals surface area contributed by atoms with Crippen LogP contribution in [-0.2, 0) is 0 Å². The smallest absolute Gasteiger partial charge is 0.371 e. The largest absolute Gasteiger partial charge is 0.475 e. The molecule has 1 saturated heterocycles. The SMILES string of the molecule is CC1CC2CCCCC2N1C(=O)c1ccc(C(=O)O)o1. The lowest BCUT2D eigenvalue weighted by atomic mass is 9.85. The fourth-order valence-electron chi connectivity index (χ4n) is 3.75. The van der Waals surface area contributed by atoms with Gasteiger partial charge in [-0.25, -0.2) is 4.79 Å². The van der Waals surface area contributed by atoms with Crippen LogP contribution in [0.1, 0.15) is 60.1 Å². The molecule has 0 bridgehead atoms. The Labute approximate surface area is 117 Å². The lowest BCUT2D eigenvalue weighted by Crippen LogP contribution is -2.42. The van der Waals surface area contributed by atoms with E-state index in [-0.39, 0.29) is 23.5 Å². The van der Waals surface area contributed by atoms with Crippen molar-refractivity contribution in [1.29, 1.82) is 0 Å². The number of hydrogen-bond acceptors (Lipinski definition) is 3. The maximum atomic E-state index is 12.6. The summed E-state index contributed by atoms with van der Waals surface area (Å²) in [6, 6.07) is 3.31. The molecule has 20 heavy (non-hydrogen) atoms. The Hall–Kier alpha value is -1.78. The topological polar surface area (TPSA) is 70.8 Å². The minimum Gasteiger partial charge on any atom is -0.475 e. The zero-order valence-electron chi connectivity index (χ0n) is 11.5. The van der Waals surface area contributed by atoms with E-state index in [4.69, 9.17) is 9.52 Å². The number of carbonyl (C=O) groups is 2. The summed E-state index contributed by atoms with van der Waals surface area (Å²) in [6.45, 7) is 2.07. The van der Waals surface area contributed by atoms with Crippen LogP contribution in [0.4, 0.5) is 0 Å². The molecule has 1 aromatic heterocycles. The molecule has 1 aliphatic carbocycles. The summed E-state index contributed by atoms with van der Waals surface area (Å²) in [4.78, 5) is 25.3. The standard InChI is InChI=1S/C15H19NO4/c1-9-8-10-4-2-3-5-11(10)16(9)14(17)12-6-7-13(20-12)15(18)19/h6-7,9-11H,2-5,8H2,1H3,(H,18,19). The lowest BCUT2D eigenvalue weighted by Gasteiger charge is -2.32. The van der Waals surface area contributed by atoms with Gasteiger partial charge in [0.05, 0.1) is 0 Å². The highest BCUT2D eigenvalue weighted by Gasteiger charge is 2.43. The molecular formula is C15H19NO4. The van der Waals surface area contributed by atoms with Gasteiger partial charge in [-0.15, -0.1) is 0 Å². The summed E-state index contributed by atoms with van der Waals surface area (Å²) >= 11 is 0. The second-order valence-electron chi connectivity index (χ2n) is 5.88. The normalized spacial score (nSPS) is 29.2. The number of hydrogen-bond donors (Lipinski definition) is 1. The molecule has 1 saturated carbocycles. The first-order valence-corrected chi connectivity index (χ1v) is 7.23. The molecule has 1 aliphatic heterocycles. The van der Waals surface area contributed by atoms with Gasteiger partial charge in [0.15, 0.2) is 5.76 Å². The third-order valence-electron chi connectivity index (χ3n) is 4.61. The third kappa shape index (κ3) is 2.11. The summed E-state index contributed by atoms with van der Waals surface area (Å²) in [5.41, 5.74) is 0. The number of nitrogens with zero attached hydrogens (tertiary/aromatic N) is 1. The number of likely N-dealkylation sites (tertiary alicyclic amines) is 1. The predicted molar refractivity (Wildman–Crippen MR) is 71.7 cm³/mol. The quantitative estimate of drug-likeness (QED) is 0.902. The Morgan fingerprint density at radius 3 is 2.65 bits per heavy atom. The predicted octanol–water partition coefficient (Wildman–Crippen LogP) is 2.77. The monoisotopic (exact) mass is 277 g/mol. The van der Waals surface area contributed by atoms with E-state index in [1.807, 2.05) is 4.90 Å². The van der Waals surface area contributed by atoms with Crippen LogP contribution in [0.15, 0.2) is 16.5 Å². The molecule has 3 atom stereocenters. The molecule has 0 aromatic carbocycles. The average Bonchev–Trinajstić information content (AvgIpc) is 3.01. The number of furan rings is 1. The van der Waals surface area contributed by atoms with E-state index in [1.165, 1.54) is 25.0 Å². The summed E-state index contributed by atoms with van der Waals surface area (Å²) in [5, 5.41) is 8.87. The van der Waals surface area contributed by atoms with Gasteiger partial charge in [-0.2, -0.15) is 0 Å². The molecule has 3 rings (SSSR count). The van der Waals surface area contributed by atoms with E-state index in [0.717, 1.165) is 19.3 Å². The van der Waals surface area contributed by atoms with Crippen molar-refractivity contribution in [2.75, 3.05) is 0 Å². The lowest BCUT2D eigenvalue weighted by molar-refractivity contribution is 0.0588. The molecular weight excluding hydrogens is 258 g/mol. The van der Waals surface area contributed by atoms with Gasteiger partial charge in [0.25, 0.3) is 5.91 Å². The van der Waals surface area contributed by atoms with E-state index in [9.17, 15) is 9.59 Å². The van der Waals surface area contributed by atoms with Crippen molar-refractivity contribution < 1.29 is 19.1 Å². The minimum atomic E-state index is -1.14. The highest BCUT2D eigenvalue weighted by atomic mass is 16.4. The van der Waals surface area contributed by atoms with Crippen molar-refractivity contribution >= 4 is 11.9 Å². The maximum Gasteiger partial charge on any atom is 0.371 e. The number of amides is 1. The van der Waals surface area contributed by atoms with E-state index in [2.05, 4.69) is 6.92 Å². The summed E-state index contributed by atoms with van der Waals surface area (Å²) in [5.74, 6) is -0.758. The maximum absolute atomic E-state index is 12.6. The Kier molecular flexibility index (Phi) is 3.28. The molecule has 1 amide bonds. The summed E-state index contributed by atoms with van der Waals surface area (Å²) in [6.07, 6.45) is 5.70. The number of aromatic carboxylic acids is 1. The molecule has 5 heteroatoms. The Bertz CT molecular complexity index is 536. The average molecular weight is 277 g/mol. The molecule has 2 fully saturated rings. The first-order chi connectivity index (χ1) is 9.58. The van der Waals surface area contributed by atoms with Crippen LogP contribution in [0.5, 0.6) is 0 Å². The Morgan fingerprint density at radius 2 is 1.95 bits per heavy atom. The van der Waals surface area contributed by atoms with Gasteiger partial charge < -0.3 is 14.4 Å². The zero-order chi connectivity index (χ0) is 14.3. The highest BCUT2D eigenvalue weighted by molar-refractivity contribution is 5.94. The second-order valence-corrected chi connectivity index (χ2v) is 5.88. The van der Waals surface area contributed by atoms with E-state index >= 15 is 0 Å². The van der Waals surface area contributed by atoms with Crippen molar-refractivity contribution in [2.45, 2.75) is 51.1 Å². The highest BCUT2D eigenvalue weighted by Crippen LogP contribution is 2.40. The summed E-state index contributed by atoms with van der Waals surface area (Å²) < 4.78 is 5.16. The van der Waals surface area contributed by atoms with E-state index in [0.29, 0.717) is 12.0 Å². The van der Waals surface area contributed by atoms with Crippen molar-refractivity contribution in [3.05, 3.63) is 23.7 Å². The summed E-state index contributed by atoms with van der Waals surface area (Å²) in [7, 11) is 0. The van der Waals surface area contributed by atoms with Gasteiger partial charge in [0.1, 0.15) is 0 Å². The van der Waals surface area contributed by atoms with Crippen LogP contribution in [0.25, 0.3) is 0 Å². The van der Waals surface area contributed by atoms with Crippen molar-refractivity contribution in [3.8, 4) is 0 Å². The second kappa shape index (κ2) is 4.96. The fourth-order valence-corrected chi connectivity index (χ4v) is 3.75. The number of rotatable bonds is 2. The van der Waals surface area contributed by atoms with E-state index in [1.54, 1.807) is 0 Å². The van der Waals surface area contributed by atoms with Gasteiger partial charge in [-0.3, -0.25) is 4.79 Å². The van der Waals surface area contributed by atoms with Crippen LogP contribution < -0.4 is 0 Å². The molecule has 5 nitrogen and oxygen atoms in total. The molecule has 108 valence electrons. The molecule has 2 aliphatic rings. The number of carboxylic acid groups (broad SMARTS) is 1. The van der Waals surface area contributed by atoms with Crippen molar-refractivity contribution in [2.24, 2.45) is 5.92 Å². The van der Waals surface area contributed by atoms with Crippen molar-refractivity contribution in [1.82, 2.24) is 4.90 Å². The van der Waals surface area contributed by atoms with E-state index < -0.39 is 5.97 Å². The number of carboxylic acids is 1. The van der Waals surface area contributed by atoms with Crippen LogP contribution in [0.2, 0.25) is 0 Å². The molecule has 2 heterocycles. The Morgan fingerprint density at radius 1 is 1.25 bits per heavy atom. The molecule has 3 unspecified atom stereocenters. The van der Waals surface area contributed by atoms with Crippen LogP contribution in [0, 0.1) is 5.92 Å². The minimum absolute atomic E-state index is 0.139. The molecule has 1 N–H and O–H groups in total. The zero-order valence-corrected chi connectivity index (χ0v) is 11.5. The molecule has 1 aromatic rings. The molecule has 0 spiro atoms. The van der Waals surface area contributed by atoms with Crippen LogP contribution in [0.3, 0.4) is 0 Å². The van der Waals surface area contributed by atoms with Crippen LogP contribution in [-0.4, -0.2) is 34.0 Å². The van der Waals surface area contributed by atoms with Gasteiger partial charge in [0, 0.05) is 12.1 Å². The third-order valence-corrected chi connectivity index (χ3v) is 4.61. The Balaban J connectivity index is 1.83. The van der Waals surface area contributed by atoms with Gasteiger partial charge >= 0.3 is 5.97 Å². The first-order valence-electron chi connectivity index (χ1n) is 7.23. The van der Waals surface area contributed by atoms with Gasteiger partial charge in [0.2, 0.25) is 5.76 Å². The number of fused-ring (bicyclic) bond motifs is 1. The first kappa shape index (κ1) is 13.2. The fraction of sp³-hybridized carbons (Fsp3) is 0.600. The van der Waals surface area contributed by atoms with Crippen LogP contribution >= 0.6 is 0 Å². The van der Waals surface area contributed by atoms with Crippen molar-refractivity contribution in [3.63, 3.8) is 0 Å². The number of carbonyl (C=O) groups excluding carboxylic acids is 1.